The summed E-state index contributed by atoms with van der Waals surface area (Å²) >= 11 is 0. The number of aromatic nitrogens is 1. The molecule has 144 valence electrons. The molecule has 1 aliphatic rings. The SMILES string of the molecule is O=C(O)Nc1ccc2c(c1)N(S(=O)(=O)c1ccnc(C(F)(F)F)c1)CCC2. The molecule has 1 amide bonds. The van der Waals surface area contributed by atoms with Crippen molar-refractivity contribution in [3.63, 3.8) is 0 Å². The van der Waals surface area contributed by atoms with Crippen LogP contribution in [-0.4, -0.2) is 31.1 Å². The average molecular weight is 401 g/mol. The van der Waals surface area contributed by atoms with Gasteiger partial charge in [-0.2, -0.15) is 13.2 Å². The van der Waals surface area contributed by atoms with Crippen LogP contribution in [0.15, 0.2) is 41.4 Å². The van der Waals surface area contributed by atoms with E-state index >= 15 is 0 Å². The van der Waals surface area contributed by atoms with Crippen LogP contribution < -0.4 is 9.62 Å². The molecule has 1 aromatic carbocycles. The van der Waals surface area contributed by atoms with Gasteiger partial charge in [-0.1, -0.05) is 6.07 Å². The van der Waals surface area contributed by atoms with Gasteiger partial charge in [0.2, 0.25) is 0 Å². The van der Waals surface area contributed by atoms with Crippen LogP contribution in [0.25, 0.3) is 0 Å². The molecule has 0 fully saturated rings. The summed E-state index contributed by atoms with van der Waals surface area (Å²) in [7, 11) is -4.29. The zero-order valence-electron chi connectivity index (χ0n) is 13.7. The Morgan fingerprint density at radius 3 is 2.63 bits per heavy atom. The van der Waals surface area contributed by atoms with Gasteiger partial charge in [-0.25, -0.2) is 13.2 Å². The molecule has 2 aromatic rings. The number of benzene rings is 1. The quantitative estimate of drug-likeness (QED) is 0.822. The van der Waals surface area contributed by atoms with Crippen molar-refractivity contribution in [3.8, 4) is 0 Å². The number of rotatable bonds is 3. The standard InChI is InChI=1S/C16H14F3N3O4S/c17-16(18,19)14-9-12(5-6-20-14)27(25,26)22-7-1-2-10-3-4-11(8-13(10)22)21-15(23)24/h3-6,8-9,21H,1-2,7H2,(H,23,24). The largest absolute Gasteiger partial charge is 0.465 e. The molecule has 0 atom stereocenters. The minimum atomic E-state index is -4.77. The van der Waals surface area contributed by atoms with Crippen molar-refractivity contribution in [1.82, 2.24) is 4.98 Å². The highest BCUT2D eigenvalue weighted by Crippen LogP contribution is 2.35. The number of nitrogens with zero attached hydrogens (tertiary/aromatic N) is 2. The first kappa shape index (κ1) is 19.0. The monoisotopic (exact) mass is 401 g/mol. The van der Waals surface area contributed by atoms with Crippen molar-refractivity contribution in [2.75, 3.05) is 16.2 Å². The number of halogens is 3. The van der Waals surface area contributed by atoms with Gasteiger partial charge < -0.3 is 5.11 Å². The Morgan fingerprint density at radius 2 is 1.96 bits per heavy atom. The number of carbonyl (C=O) groups is 1. The highest BCUT2D eigenvalue weighted by atomic mass is 32.2. The second-order valence-corrected chi connectivity index (χ2v) is 7.69. The maximum atomic E-state index is 13.0. The second-order valence-electron chi connectivity index (χ2n) is 5.83. The Labute approximate surface area is 152 Å². The van der Waals surface area contributed by atoms with Gasteiger partial charge in [0.1, 0.15) is 5.69 Å². The molecule has 0 aliphatic carbocycles. The fourth-order valence-corrected chi connectivity index (χ4v) is 4.39. The van der Waals surface area contributed by atoms with E-state index < -0.39 is 32.9 Å². The van der Waals surface area contributed by atoms with E-state index in [1.54, 1.807) is 6.07 Å². The third kappa shape index (κ3) is 3.82. The number of hydrogen-bond acceptors (Lipinski definition) is 4. The number of alkyl halides is 3. The number of pyridine rings is 1. The summed E-state index contributed by atoms with van der Waals surface area (Å²) in [6.07, 6.45) is -4.25. The Kier molecular flexibility index (Phi) is 4.72. The number of nitrogens with one attached hydrogen (secondary N) is 1. The lowest BCUT2D eigenvalue weighted by Gasteiger charge is -2.31. The molecule has 2 heterocycles. The Morgan fingerprint density at radius 1 is 1.22 bits per heavy atom. The molecule has 11 heteroatoms. The van der Waals surface area contributed by atoms with Crippen LogP contribution in [-0.2, 0) is 22.6 Å². The normalized spacial score (nSPS) is 14.6. The second kappa shape index (κ2) is 6.72. The maximum absolute atomic E-state index is 13.0. The molecule has 0 unspecified atom stereocenters. The lowest BCUT2D eigenvalue weighted by molar-refractivity contribution is -0.141. The smallest absolute Gasteiger partial charge is 0.433 e. The third-order valence-electron chi connectivity index (χ3n) is 4.02. The van der Waals surface area contributed by atoms with E-state index in [-0.39, 0.29) is 17.9 Å². The van der Waals surface area contributed by atoms with Crippen molar-refractivity contribution in [3.05, 3.63) is 47.8 Å². The van der Waals surface area contributed by atoms with Crippen molar-refractivity contribution in [2.45, 2.75) is 23.9 Å². The van der Waals surface area contributed by atoms with Crippen molar-refractivity contribution >= 4 is 27.5 Å². The van der Waals surface area contributed by atoms with Gasteiger partial charge in [0, 0.05) is 18.4 Å². The number of hydrogen-bond donors (Lipinski definition) is 2. The molecule has 0 spiro atoms. The summed E-state index contributed by atoms with van der Waals surface area (Å²) < 4.78 is 65.5. The van der Waals surface area contributed by atoms with Crippen LogP contribution in [0.3, 0.4) is 0 Å². The fraction of sp³-hybridized carbons (Fsp3) is 0.250. The summed E-state index contributed by atoms with van der Waals surface area (Å²) in [5.41, 5.74) is -0.250. The third-order valence-corrected chi connectivity index (χ3v) is 5.83. The highest BCUT2D eigenvalue weighted by Gasteiger charge is 2.35. The van der Waals surface area contributed by atoms with E-state index in [1.165, 1.54) is 12.1 Å². The van der Waals surface area contributed by atoms with Crippen molar-refractivity contribution in [1.29, 1.82) is 0 Å². The number of aryl methyl sites for hydroxylation is 1. The highest BCUT2D eigenvalue weighted by molar-refractivity contribution is 7.92. The minimum Gasteiger partial charge on any atom is -0.465 e. The van der Waals surface area contributed by atoms with E-state index in [2.05, 4.69) is 10.3 Å². The van der Waals surface area contributed by atoms with E-state index in [4.69, 9.17) is 5.11 Å². The van der Waals surface area contributed by atoms with Crippen LogP contribution in [0.1, 0.15) is 17.7 Å². The number of amides is 1. The Balaban J connectivity index is 2.06. The van der Waals surface area contributed by atoms with Crippen LogP contribution in [0.5, 0.6) is 0 Å². The van der Waals surface area contributed by atoms with Gasteiger partial charge in [-0.3, -0.25) is 14.6 Å². The molecule has 0 saturated carbocycles. The first-order valence-electron chi connectivity index (χ1n) is 7.78. The average Bonchev–Trinajstić information content (AvgIpc) is 2.60. The van der Waals surface area contributed by atoms with Gasteiger partial charge in [0.25, 0.3) is 10.0 Å². The lowest BCUT2D eigenvalue weighted by atomic mass is 10.0. The number of anilines is 2. The topological polar surface area (TPSA) is 99.6 Å². The Bertz CT molecular complexity index is 993. The van der Waals surface area contributed by atoms with Gasteiger partial charge >= 0.3 is 12.3 Å². The molecule has 0 saturated heterocycles. The van der Waals surface area contributed by atoms with E-state index in [1.807, 2.05) is 0 Å². The molecule has 1 aromatic heterocycles. The minimum absolute atomic E-state index is 0.0650. The van der Waals surface area contributed by atoms with E-state index in [9.17, 15) is 26.4 Å². The number of sulfonamides is 1. The van der Waals surface area contributed by atoms with E-state index in [0.29, 0.717) is 24.5 Å². The molecular formula is C16H14F3N3O4S. The Hall–Kier alpha value is -2.82. The molecular weight excluding hydrogens is 387 g/mol. The molecule has 27 heavy (non-hydrogen) atoms. The number of carboxylic acid groups (broad SMARTS) is 1. The van der Waals surface area contributed by atoms with Crippen LogP contribution in [0.2, 0.25) is 0 Å². The molecule has 0 radical (unpaired) electrons. The summed E-state index contributed by atoms with van der Waals surface area (Å²) in [6, 6.07) is 5.93. The first-order valence-corrected chi connectivity index (χ1v) is 9.22. The predicted molar refractivity (Wildman–Crippen MR) is 90.2 cm³/mol. The molecule has 0 bridgehead atoms. The lowest BCUT2D eigenvalue weighted by Crippen LogP contribution is -2.35. The van der Waals surface area contributed by atoms with Crippen LogP contribution in [0, 0.1) is 0 Å². The molecule has 2 N–H and O–H groups in total. The number of fused-ring (bicyclic) bond motifs is 1. The van der Waals surface area contributed by atoms with Gasteiger partial charge in [0.05, 0.1) is 10.6 Å². The van der Waals surface area contributed by atoms with Crippen LogP contribution >= 0.6 is 0 Å². The first-order chi connectivity index (χ1) is 12.6. The van der Waals surface area contributed by atoms with Gasteiger partial charge in [-0.15, -0.1) is 0 Å². The molecule has 7 nitrogen and oxygen atoms in total. The van der Waals surface area contributed by atoms with E-state index in [0.717, 1.165) is 16.6 Å². The molecule has 3 rings (SSSR count). The maximum Gasteiger partial charge on any atom is 0.433 e. The van der Waals surface area contributed by atoms with Gasteiger partial charge in [-0.05, 0) is 42.7 Å². The van der Waals surface area contributed by atoms with Crippen LogP contribution in [0.4, 0.5) is 29.3 Å². The fourth-order valence-electron chi connectivity index (χ4n) is 2.85. The summed E-state index contributed by atoms with van der Waals surface area (Å²) in [5, 5.41) is 11.0. The molecule has 1 aliphatic heterocycles. The summed E-state index contributed by atoms with van der Waals surface area (Å²) in [6.45, 7) is 0.0650. The summed E-state index contributed by atoms with van der Waals surface area (Å²) in [4.78, 5) is 13.5. The van der Waals surface area contributed by atoms with Gasteiger partial charge in [0.15, 0.2) is 0 Å². The summed E-state index contributed by atoms with van der Waals surface area (Å²) in [5.74, 6) is 0. The zero-order valence-corrected chi connectivity index (χ0v) is 14.5. The zero-order chi connectivity index (χ0) is 19.8. The predicted octanol–water partition coefficient (Wildman–Crippen LogP) is 3.33. The van der Waals surface area contributed by atoms with Crippen molar-refractivity contribution in [2.24, 2.45) is 0 Å². The van der Waals surface area contributed by atoms with Crippen molar-refractivity contribution < 1.29 is 31.5 Å².